The van der Waals surface area contributed by atoms with Gasteiger partial charge in [-0.25, -0.2) is 0 Å². The molecule has 0 saturated heterocycles. The molecule has 3 heteroatoms. The first-order valence-electron chi connectivity index (χ1n) is 4.63. The van der Waals surface area contributed by atoms with Crippen molar-refractivity contribution in [1.29, 1.82) is 0 Å². The van der Waals surface area contributed by atoms with E-state index in [0.717, 1.165) is 11.3 Å². The fourth-order valence-corrected chi connectivity index (χ4v) is 1.66. The lowest BCUT2D eigenvalue weighted by molar-refractivity contribution is 0.407. The van der Waals surface area contributed by atoms with Gasteiger partial charge in [0.2, 0.25) is 0 Å². The van der Waals surface area contributed by atoms with Crippen LogP contribution in [0.25, 0.3) is 0 Å². The molecule has 1 aromatic rings. The molecule has 14 heavy (non-hydrogen) atoms. The number of benzene rings is 1. The predicted molar refractivity (Wildman–Crippen MR) is 62.9 cm³/mol. The summed E-state index contributed by atoms with van der Waals surface area (Å²) in [5, 5.41) is 0. The predicted octanol–water partition coefficient (Wildman–Crippen LogP) is 3.17. The third kappa shape index (κ3) is 2.49. The standard InChI is InChI=1S/C11H16BrNO/c1-7(2)9-6-8(11(12)13)4-5-10(9)14-3/h4-7,11H,13H2,1-3H3. The van der Waals surface area contributed by atoms with Gasteiger partial charge in [0, 0.05) is 0 Å². The molecule has 1 unspecified atom stereocenters. The van der Waals surface area contributed by atoms with E-state index in [2.05, 4.69) is 35.8 Å². The summed E-state index contributed by atoms with van der Waals surface area (Å²) in [6.07, 6.45) is 0. The van der Waals surface area contributed by atoms with Crippen LogP contribution in [0.1, 0.15) is 35.8 Å². The lowest BCUT2D eigenvalue weighted by atomic mass is 9.99. The molecule has 0 aliphatic carbocycles. The molecule has 0 heterocycles. The molecule has 0 radical (unpaired) electrons. The monoisotopic (exact) mass is 257 g/mol. The number of ether oxygens (including phenoxy) is 1. The van der Waals surface area contributed by atoms with Crippen LogP contribution in [0.2, 0.25) is 0 Å². The highest BCUT2D eigenvalue weighted by molar-refractivity contribution is 9.09. The summed E-state index contributed by atoms with van der Waals surface area (Å²) in [5.41, 5.74) is 8.02. The van der Waals surface area contributed by atoms with Crippen LogP contribution in [0.15, 0.2) is 18.2 Å². The summed E-state index contributed by atoms with van der Waals surface area (Å²) in [5.74, 6) is 1.37. The number of halogens is 1. The van der Waals surface area contributed by atoms with Crippen molar-refractivity contribution >= 4 is 15.9 Å². The molecule has 0 amide bonds. The summed E-state index contributed by atoms with van der Waals surface area (Å²) in [6, 6.07) is 6.03. The molecule has 1 atom stereocenters. The summed E-state index contributed by atoms with van der Waals surface area (Å²) in [6.45, 7) is 4.28. The van der Waals surface area contributed by atoms with E-state index >= 15 is 0 Å². The van der Waals surface area contributed by atoms with Crippen molar-refractivity contribution in [3.05, 3.63) is 29.3 Å². The highest BCUT2D eigenvalue weighted by Crippen LogP contribution is 2.29. The summed E-state index contributed by atoms with van der Waals surface area (Å²) in [7, 11) is 1.69. The molecule has 2 nitrogen and oxygen atoms in total. The van der Waals surface area contributed by atoms with Crippen LogP contribution in [0, 0.1) is 0 Å². The minimum absolute atomic E-state index is 0.106. The molecular weight excluding hydrogens is 242 g/mol. The second-order valence-electron chi connectivity index (χ2n) is 3.56. The van der Waals surface area contributed by atoms with Crippen LogP contribution in [0.3, 0.4) is 0 Å². The highest BCUT2D eigenvalue weighted by Gasteiger charge is 2.10. The fourth-order valence-electron chi connectivity index (χ4n) is 1.38. The SMILES string of the molecule is COc1ccc(C(N)Br)cc1C(C)C. The average molecular weight is 258 g/mol. The van der Waals surface area contributed by atoms with Gasteiger partial charge in [0.25, 0.3) is 0 Å². The Kier molecular flexibility index (Phi) is 3.96. The van der Waals surface area contributed by atoms with Crippen LogP contribution >= 0.6 is 15.9 Å². The van der Waals surface area contributed by atoms with Crippen molar-refractivity contribution in [3.8, 4) is 5.75 Å². The molecule has 0 spiro atoms. The average Bonchev–Trinajstić information content (AvgIpc) is 2.16. The molecule has 78 valence electrons. The minimum atomic E-state index is -0.106. The van der Waals surface area contributed by atoms with E-state index in [0.29, 0.717) is 5.92 Å². The number of rotatable bonds is 3. The Balaban J connectivity index is 3.14. The first kappa shape index (κ1) is 11.5. The summed E-state index contributed by atoms with van der Waals surface area (Å²) >= 11 is 3.35. The fraction of sp³-hybridized carbons (Fsp3) is 0.455. The van der Waals surface area contributed by atoms with Gasteiger partial charge in [-0.1, -0.05) is 35.8 Å². The number of alkyl halides is 1. The van der Waals surface area contributed by atoms with E-state index in [1.54, 1.807) is 7.11 Å². The number of hydrogen-bond acceptors (Lipinski definition) is 2. The summed E-state index contributed by atoms with van der Waals surface area (Å²) in [4.78, 5) is -0.106. The third-order valence-corrected chi connectivity index (χ3v) is 2.72. The molecule has 0 bridgehead atoms. The molecule has 1 aromatic carbocycles. The van der Waals surface area contributed by atoms with E-state index in [9.17, 15) is 0 Å². The van der Waals surface area contributed by atoms with Gasteiger partial charge < -0.3 is 10.5 Å². The third-order valence-electron chi connectivity index (χ3n) is 2.19. The zero-order chi connectivity index (χ0) is 10.7. The Labute approximate surface area is 93.6 Å². The topological polar surface area (TPSA) is 35.2 Å². The maximum Gasteiger partial charge on any atom is 0.122 e. The van der Waals surface area contributed by atoms with Crippen LogP contribution in [-0.2, 0) is 0 Å². The Bertz CT molecular complexity index is 310. The van der Waals surface area contributed by atoms with E-state index in [1.165, 1.54) is 5.56 Å². The quantitative estimate of drug-likeness (QED) is 0.667. The van der Waals surface area contributed by atoms with E-state index in [1.807, 2.05) is 12.1 Å². The second-order valence-corrected chi connectivity index (χ2v) is 4.54. The zero-order valence-corrected chi connectivity index (χ0v) is 10.3. The van der Waals surface area contributed by atoms with Crippen LogP contribution in [-0.4, -0.2) is 7.11 Å². The number of methoxy groups -OCH3 is 1. The van der Waals surface area contributed by atoms with Crippen molar-refractivity contribution in [3.63, 3.8) is 0 Å². The molecule has 0 aliphatic heterocycles. The number of hydrogen-bond donors (Lipinski definition) is 1. The Hall–Kier alpha value is -0.540. The maximum atomic E-state index is 5.75. The van der Waals surface area contributed by atoms with Gasteiger partial charge in [-0.2, -0.15) is 0 Å². The van der Waals surface area contributed by atoms with Gasteiger partial charge in [0.1, 0.15) is 5.75 Å². The highest BCUT2D eigenvalue weighted by atomic mass is 79.9. The van der Waals surface area contributed by atoms with E-state index in [4.69, 9.17) is 10.5 Å². The van der Waals surface area contributed by atoms with Gasteiger partial charge in [-0.05, 0) is 29.2 Å². The molecular formula is C11H16BrNO. The largest absolute Gasteiger partial charge is 0.496 e. The van der Waals surface area contributed by atoms with Crippen LogP contribution in [0.4, 0.5) is 0 Å². The molecule has 2 N–H and O–H groups in total. The van der Waals surface area contributed by atoms with Gasteiger partial charge in [-0.15, -0.1) is 0 Å². The van der Waals surface area contributed by atoms with Crippen LogP contribution < -0.4 is 10.5 Å². The molecule has 0 aliphatic rings. The second kappa shape index (κ2) is 4.80. The van der Waals surface area contributed by atoms with Crippen molar-refractivity contribution in [1.82, 2.24) is 0 Å². The van der Waals surface area contributed by atoms with Gasteiger partial charge >= 0.3 is 0 Å². The maximum absolute atomic E-state index is 5.75. The van der Waals surface area contributed by atoms with E-state index in [-0.39, 0.29) is 4.95 Å². The van der Waals surface area contributed by atoms with Crippen LogP contribution in [0.5, 0.6) is 5.75 Å². The molecule has 0 aromatic heterocycles. The van der Waals surface area contributed by atoms with Crippen molar-refractivity contribution < 1.29 is 4.74 Å². The van der Waals surface area contributed by atoms with Crippen molar-refractivity contribution in [2.75, 3.05) is 7.11 Å². The molecule has 0 fully saturated rings. The first-order chi connectivity index (χ1) is 6.56. The number of nitrogens with two attached hydrogens (primary N) is 1. The van der Waals surface area contributed by atoms with Gasteiger partial charge in [-0.3, -0.25) is 0 Å². The first-order valence-corrected chi connectivity index (χ1v) is 5.55. The zero-order valence-electron chi connectivity index (χ0n) is 8.75. The smallest absolute Gasteiger partial charge is 0.122 e. The van der Waals surface area contributed by atoms with Gasteiger partial charge in [0.05, 0.1) is 12.1 Å². The van der Waals surface area contributed by atoms with Gasteiger partial charge in [0.15, 0.2) is 0 Å². The van der Waals surface area contributed by atoms with Crippen molar-refractivity contribution in [2.45, 2.75) is 24.7 Å². The normalized spacial score (nSPS) is 13.0. The Morgan fingerprint density at radius 3 is 2.43 bits per heavy atom. The van der Waals surface area contributed by atoms with E-state index < -0.39 is 0 Å². The molecule has 1 rings (SSSR count). The molecule has 0 saturated carbocycles. The lowest BCUT2D eigenvalue weighted by Crippen LogP contribution is -2.03. The van der Waals surface area contributed by atoms with Crippen molar-refractivity contribution in [2.24, 2.45) is 5.73 Å². The Morgan fingerprint density at radius 2 is 2.00 bits per heavy atom. The summed E-state index contributed by atoms with van der Waals surface area (Å²) < 4.78 is 5.29. The lowest BCUT2D eigenvalue weighted by Gasteiger charge is -2.14. The minimum Gasteiger partial charge on any atom is -0.496 e. The Morgan fingerprint density at radius 1 is 1.36 bits per heavy atom.